The molecule has 0 bridgehead atoms. The molecule has 0 spiro atoms. The van der Waals surface area contributed by atoms with Crippen molar-refractivity contribution in [3.8, 4) is 0 Å². The summed E-state index contributed by atoms with van der Waals surface area (Å²) in [4.78, 5) is 30.4. The first-order chi connectivity index (χ1) is 16.5. The maximum atomic E-state index is 13.7. The van der Waals surface area contributed by atoms with Gasteiger partial charge in [-0.05, 0) is 57.2 Å². The third kappa shape index (κ3) is 4.74. The highest BCUT2D eigenvalue weighted by Gasteiger charge is 2.32. The average molecular weight is 484 g/mol. The van der Waals surface area contributed by atoms with Gasteiger partial charge in [0.05, 0.1) is 11.0 Å². The summed E-state index contributed by atoms with van der Waals surface area (Å²) in [7, 11) is 0. The van der Waals surface area contributed by atoms with E-state index < -0.39 is 0 Å². The Morgan fingerprint density at radius 2 is 1.82 bits per heavy atom. The maximum absolute atomic E-state index is 13.7. The van der Waals surface area contributed by atoms with Gasteiger partial charge in [-0.1, -0.05) is 11.8 Å². The number of amides is 1. The van der Waals surface area contributed by atoms with Gasteiger partial charge >= 0.3 is 0 Å². The molecule has 0 radical (unpaired) electrons. The summed E-state index contributed by atoms with van der Waals surface area (Å²) in [6.45, 7) is 4.08. The fourth-order valence-electron chi connectivity index (χ4n) is 5.19. The van der Waals surface area contributed by atoms with Crippen LogP contribution in [-0.4, -0.2) is 67.7 Å². The van der Waals surface area contributed by atoms with Gasteiger partial charge in [-0.3, -0.25) is 9.69 Å². The molecule has 0 saturated carbocycles. The molecular weight excluding hydrogens is 453 g/mol. The number of hydrogen-bond donors (Lipinski definition) is 1. The molecule has 2 saturated heterocycles. The summed E-state index contributed by atoms with van der Waals surface area (Å²) in [6.07, 6.45) is 9.07. The molecule has 5 rings (SSSR count). The zero-order valence-electron chi connectivity index (χ0n) is 19.4. The third-order valence-electron chi connectivity index (χ3n) is 7.01. The molecule has 2 aliphatic heterocycles. The number of piperidine rings is 2. The van der Waals surface area contributed by atoms with Crippen LogP contribution in [0.3, 0.4) is 0 Å². The minimum absolute atomic E-state index is 0.0919. The predicted octanol–water partition coefficient (Wildman–Crippen LogP) is 3.35. The van der Waals surface area contributed by atoms with Crippen molar-refractivity contribution in [2.75, 3.05) is 38.2 Å². The smallest absolute Gasteiger partial charge is 0.225 e. The van der Waals surface area contributed by atoms with Crippen LogP contribution in [0.4, 0.5) is 10.3 Å². The summed E-state index contributed by atoms with van der Waals surface area (Å²) in [5.74, 6) is 0.403. The fourth-order valence-corrected chi connectivity index (χ4v) is 5.83. The van der Waals surface area contributed by atoms with E-state index in [0.29, 0.717) is 5.52 Å². The monoisotopic (exact) mass is 483 g/mol. The van der Waals surface area contributed by atoms with Crippen LogP contribution < -0.4 is 5.73 Å². The lowest BCUT2D eigenvalue weighted by Gasteiger charge is -2.38. The van der Waals surface area contributed by atoms with Crippen molar-refractivity contribution in [1.82, 2.24) is 29.3 Å². The van der Waals surface area contributed by atoms with Crippen LogP contribution in [0.2, 0.25) is 0 Å². The maximum Gasteiger partial charge on any atom is 0.225 e. The third-order valence-corrected chi connectivity index (χ3v) is 7.66. The number of rotatable bonds is 5. The summed E-state index contributed by atoms with van der Waals surface area (Å²) in [6, 6.07) is 5.08. The molecule has 180 valence electrons. The Bertz CT molecular complexity index is 1150. The van der Waals surface area contributed by atoms with Gasteiger partial charge in [0.1, 0.15) is 5.82 Å². The summed E-state index contributed by atoms with van der Waals surface area (Å²) in [5.41, 5.74) is 8.27. The standard InChI is InChI=1S/C24H30FN7OS/c1-34-24-29-20-12-18(25)2-3-21(20)32(24)19-6-10-31(11-7-19)22(33)17-4-8-30(9-5-17)15-16-13-27-23(26)28-14-16/h2-3,12-14,17,19H,4-11,15H2,1H3,(H2,26,27,28). The molecule has 2 fully saturated rings. The number of carbonyl (C=O) groups is 1. The van der Waals surface area contributed by atoms with E-state index in [0.717, 1.165) is 74.6 Å². The molecule has 10 heteroatoms. The number of nitrogen functional groups attached to an aromatic ring is 1. The lowest BCUT2D eigenvalue weighted by molar-refractivity contribution is -0.138. The number of fused-ring (bicyclic) bond motifs is 1. The molecule has 2 aliphatic rings. The molecule has 0 unspecified atom stereocenters. The van der Waals surface area contributed by atoms with Crippen molar-refractivity contribution in [2.24, 2.45) is 5.92 Å². The number of anilines is 1. The van der Waals surface area contributed by atoms with E-state index in [1.165, 1.54) is 12.1 Å². The Hall–Kier alpha value is -2.72. The van der Waals surface area contributed by atoms with Crippen molar-refractivity contribution in [2.45, 2.75) is 43.4 Å². The predicted molar refractivity (Wildman–Crippen MR) is 131 cm³/mol. The Morgan fingerprint density at radius 3 is 2.50 bits per heavy atom. The molecule has 0 aliphatic carbocycles. The normalized spacial score (nSPS) is 18.6. The van der Waals surface area contributed by atoms with Crippen LogP contribution in [0.1, 0.15) is 37.3 Å². The summed E-state index contributed by atoms with van der Waals surface area (Å²) >= 11 is 1.58. The number of likely N-dealkylation sites (tertiary alicyclic amines) is 2. The topological polar surface area (TPSA) is 93.2 Å². The van der Waals surface area contributed by atoms with Gasteiger partial charge in [-0.15, -0.1) is 0 Å². The molecule has 0 atom stereocenters. The highest BCUT2D eigenvalue weighted by Crippen LogP contribution is 2.33. The Kier molecular flexibility index (Phi) is 6.69. The number of benzene rings is 1. The minimum Gasteiger partial charge on any atom is -0.368 e. The van der Waals surface area contributed by atoms with E-state index in [1.807, 2.05) is 17.2 Å². The van der Waals surface area contributed by atoms with Crippen LogP contribution in [0.5, 0.6) is 0 Å². The van der Waals surface area contributed by atoms with Crippen molar-refractivity contribution in [3.05, 3.63) is 42.0 Å². The second kappa shape index (κ2) is 9.87. The van der Waals surface area contributed by atoms with Gasteiger partial charge in [0, 0.05) is 55.6 Å². The second-order valence-corrected chi connectivity index (χ2v) is 9.93. The van der Waals surface area contributed by atoms with E-state index >= 15 is 0 Å². The van der Waals surface area contributed by atoms with Crippen LogP contribution in [-0.2, 0) is 11.3 Å². The highest BCUT2D eigenvalue weighted by atomic mass is 32.2. The molecule has 1 amide bonds. The second-order valence-electron chi connectivity index (χ2n) is 9.16. The zero-order chi connectivity index (χ0) is 23.7. The SMILES string of the molecule is CSc1nc2cc(F)ccc2n1C1CCN(C(=O)C2CCN(Cc3cnc(N)nc3)CC2)CC1. The first-order valence-electron chi connectivity index (χ1n) is 11.8. The van der Waals surface area contributed by atoms with Crippen LogP contribution in [0.25, 0.3) is 11.0 Å². The minimum atomic E-state index is -0.266. The van der Waals surface area contributed by atoms with Crippen LogP contribution in [0.15, 0.2) is 35.7 Å². The van der Waals surface area contributed by atoms with Gasteiger partial charge in [-0.25, -0.2) is 19.3 Å². The number of nitrogens with zero attached hydrogens (tertiary/aromatic N) is 6. The Morgan fingerprint density at radius 1 is 1.12 bits per heavy atom. The van der Waals surface area contributed by atoms with Crippen molar-refractivity contribution >= 4 is 34.7 Å². The van der Waals surface area contributed by atoms with Gasteiger partial charge in [0.2, 0.25) is 11.9 Å². The van der Waals surface area contributed by atoms with Crippen molar-refractivity contribution in [1.29, 1.82) is 0 Å². The van der Waals surface area contributed by atoms with Crippen LogP contribution >= 0.6 is 11.8 Å². The molecule has 4 heterocycles. The Labute approximate surface area is 202 Å². The van der Waals surface area contributed by atoms with E-state index in [2.05, 4.69) is 24.4 Å². The molecular formula is C24H30FN7OS. The quantitative estimate of drug-likeness (QED) is 0.556. The first kappa shape index (κ1) is 23.0. The molecule has 8 nitrogen and oxygen atoms in total. The summed E-state index contributed by atoms with van der Waals surface area (Å²) in [5, 5.41) is 0.907. The number of imidazole rings is 1. The van der Waals surface area contributed by atoms with Gasteiger partial charge in [-0.2, -0.15) is 0 Å². The number of thioether (sulfide) groups is 1. The summed E-state index contributed by atoms with van der Waals surface area (Å²) < 4.78 is 15.9. The molecule has 2 N–H and O–H groups in total. The number of hydrogen-bond acceptors (Lipinski definition) is 7. The first-order valence-corrected chi connectivity index (χ1v) is 13.0. The molecule has 1 aromatic carbocycles. The largest absolute Gasteiger partial charge is 0.368 e. The van der Waals surface area contributed by atoms with Crippen LogP contribution in [0, 0.1) is 11.7 Å². The van der Waals surface area contributed by atoms with E-state index in [-0.39, 0.29) is 29.6 Å². The lowest BCUT2D eigenvalue weighted by atomic mass is 9.93. The van der Waals surface area contributed by atoms with Gasteiger partial charge in [0.25, 0.3) is 0 Å². The van der Waals surface area contributed by atoms with E-state index in [9.17, 15) is 9.18 Å². The van der Waals surface area contributed by atoms with E-state index in [4.69, 9.17) is 5.73 Å². The highest BCUT2D eigenvalue weighted by molar-refractivity contribution is 7.98. The Balaban J connectivity index is 1.16. The van der Waals surface area contributed by atoms with Gasteiger partial charge < -0.3 is 15.2 Å². The number of halogens is 1. The average Bonchev–Trinajstić information content (AvgIpc) is 3.23. The number of carbonyl (C=O) groups excluding carboxylic acids is 1. The number of nitrogens with two attached hydrogens (primary N) is 1. The molecule has 2 aromatic heterocycles. The molecule has 34 heavy (non-hydrogen) atoms. The zero-order valence-corrected chi connectivity index (χ0v) is 20.2. The number of aromatic nitrogens is 4. The lowest BCUT2D eigenvalue weighted by Crippen LogP contribution is -2.45. The van der Waals surface area contributed by atoms with Crippen molar-refractivity contribution < 1.29 is 9.18 Å². The molecule has 3 aromatic rings. The fraction of sp³-hybridized carbons (Fsp3) is 0.500. The van der Waals surface area contributed by atoms with Gasteiger partial charge in [0.15, 0.2) is 5.16 Å². The van der Waals surface area contributed by atoms with E-state index in [1.54, 1.807) is 24.2 Å². The van der Waals surface area contributed by atoms with Crippen molar-refractivity contribution in [3.63, 3.8) is 0 Å².